The second-order valence-corrected chi connectivity index (χ2v) is 8.82. The third-order valence-electron chi connectivity index (χ3n) is 5.95. The lowest BCUT2D eigenvalue weighted by Gasteiger charge is -2.27. The fourth-order valence-electron chi connectivity index (χ4n) is 4.13. The molecule has 4 rings (SSSR count). The Bertz CT molecular complexity index is 1150. The van der Waals surface area contributed by atoms with E-state index >= 15 is 0 Å². The van der Waals surface area contributed by atoms with Gasteiger partial charge in [-0.05, 0) is 67.1 Å². The smallest absolute Gasteiger partial charge is 0.250 e. The van der Waals surface area contributed by atoms with Gasteiger partial charge in [0.25, 0.3) is 5.91 Å². The van der Waals surface area contributed by atoms with E-state index in [0.717, 1.165) is 48.2 Å². The Morgan fingerprint density at radius 2 is 1.91 bits per heavy atom. The van der Waals surface area contributed by atoms with Gasteiger partial charge in [0.05, 0.1) is 10.6 Å². The molecule has 0 aliphatic heterocycles. The first-order valence-electron chi connectivity index (χ1n) is 11.0. The Labute approximate surface area is 197 Å². The lowest BCUT2D eigenvalue weighted by atomic mass is 9.92. The van der Waals surface area contributed by atoms with E-state index in [1.807, 2.05) is 12.1 Å². The number of carbonyl (C=O) groups is 1. The molecule has 3 aromatic rings. The van der Waals surface area contributed by atoms with Crippen molar-refractivity contribution in [2.45, 2.75) is 44.3 Å². The van der Waals surface area contributed by atoms with Crippen LogP contribution in [0, 0.1) is 5.82 Å². The lowest BCUT2D eigenvalue weighted by molar-refractivity contribution is 0.100. The topological polar surface area (TPSA) is 106 Å². The molecule has 172 valence electrons. The predicted octanol–water partition coefficient (Wildman–Crippen LogP) is 4.93. The highest BCUT2D eigenvalue weighted by molar-refractivity contribution is 6.33. The van der Waals surface area contributed by atoms with Crippen LogP contribution in [-0.4, -0.2) is 23.0 Å². The largest absolute Gasteiger partial charge is 0.380 e. The Morgan fingerprint density at radius 3 is 2.64 bits per heavy atom. The molecule has 8 heteroatoms. The highest BCUT2D eigenvalue weighted by Crippen LogP contribution is 2.33. The van der Waals surface area contributed by atoms with Crippen molar-refractivity contribution in [3.63, 3.8) is 0 Å². The quantitative estimate of drug-likeness (QED) is 0.394. The van der Waals surface area contributed by atoms with Crippen molar-refractivity contribution < 1.29 is 9.18 Å². The number of hydrogen-bond acceptors (Lipinski definition) is 5. The average molecular weight is 468 g/mol. The maximum absolute atomic E-state index is 13.5. The van der Waals surface area contributed by atoms with Gasteiger partial charge in [-0.15, -0.1) is 0 Å². The van der Waals surface area contributed by atoms with Gasteiger partial charge in [0, 0.05) is 36.1 Å². The van der Waals surface area contributed by atoms with Crippen molar-refractivity contribution in [2.24, 2.45) is 11.5 Å². The highest BCUT2D eigenvalue weighted by Gasteiger charge is 2.19. The molecule has 0 bridgehead atoms. The van der Waals surface area contributed by atoms with Gasteiger partial charge in [-0.25, -0.2) is 9.37 Å². The molecule has 1 aliphatic rings. The fourth-order valence-corrected chi connectivity index (χ4v) is 4.34. The van der Waals surface area contributed by atoms with E-state index in [9.17, 15) is 9.18 Å². The average Bonchev–Trinajstić information content (AvgIpc) is 2.80. The zero-order valence-electron chi connectivity index (χ0n) is 18.2. The fraction of sp³-hybridized carbons (Fsp3) is 0.280. The van der Waals surface area contributed by atoms with Gasteiger partial charge < -0.3 is 22.1 Å². The van der Waals surface area contributed by atoms with E-state index in [1.165, 1.54) is 12.1 Å². The number of nitrogens with two attached hydrogens (primary N) is 2. The van der Waals surface area contributed by atoms with Crippen molar-refractivity contribution in [1.29, 1.82) is 0 Å². The summed E-state index contributed by atoms with van der Waals surface area (Å²) in [6, 6.07) is 14.1. The number of hydrogen-bond donors (Lipinski definition) is 4. The van der Waals surface area contributed by atoms with Gasteiger partial charge in [0.2, 0.25) is 0 Å². The number of nitrogens with zero attached hydrogens (tertiary/aromatic N) is 1. The molecule has 1 fully saturated rings. The number of anilines is 2. The maximum Gasteiger partial charge on any atom is 0.250 e. The molecule has 0 saturated heterocycles. The first-order valence-corrected chi connectivity index (χ1v) is 11.4. The van der Waals surface area contributed by atoms with Crippen LogP contribution >= 0.6 is 11.6 Å². The van der Waals surface area contributed by atoms with Crippen LogP contribution in [-0.2, 0) is 6.54 Å². The number of nitrogens with one attached hydrogen (secondary N) is 2. The van der Waals surface area contributed by atoms with E-state index in [2.05, 4.69) is 15.6 Å². The molecule has 0 unspecified atom stereocenters. The summed E-state index contributed by atoms with van der Waals surface area (Å²) in [4.78, 5) is 16.4. The van der Waals surface area contributed by atoms with E-state index in [1.54, 1.807) is 30.5 Å². The Hall–Kier alpha value is -3.16. The van der Waals surface area contributed by atoms with Gasteiger partial charge in [-0.2, -0.15) is 0 Å². The first-order chi connectivity index (χ1) is 15.9. The van der Waals surface area contributed by atoms with E-state index in [-0.39, 0.29) is 11.9 Å². The summed E-state index contributed by atoms with van der Waals surface area (Å²) in [5.41, 5.74) is 14.8. The van der Waals surface area contributed by atoms with Gasteiger partial charge in [0.15, 0.2) is 0 Å². The maximum atomic E-state index is 13.5. The minimum Gasteiger partial charge on any atom is -0.380 e. The number of halogens is 2. The van der Waals surface area contributed by atoms with E-state index < -0.39 is 5.91 Å². The summed E-state index contributed by atoms with van der Waals surface area (Å²) < 4.78 is 13.5. The van der Waals surface area contributed by atoms with Crippen molar-refractivity contribution in [2.75, 3.05) is 10.6 Å². The van der Waals surface area contributed by atoms with Crippen LogP contribution in [0.5, 0.6) is 0 Å². The third-order valence-corrected chi connectivity index (χ3v) is 6.25. The zero-order valence-corrected chi connectivity index (χ0v) is 18.9. The molecule has 6 N–H and O–H groups in total. The molecule has 0 spiro atoms. The van der Waals surface area contributed by atoms with Crippen molar-refractivity contribution >= 4 is 29.0 Å². The molecular formula is C25H27ClFN5O. The summed E-state index contributed by atoms with van der Waals surface area (Å²) in [6.45, 7) is 0.336. The van der Waals surface area contributed by atoms with E-state index in [4.69, 9.17) is 23.1 Å². The van der Waals surface area contributed by atoms with Crippen molar-refractivity contribution in [3.05, 3.63) is 76.7 Å². The Kier molecular flexibility index (Phi) is 7.11. The Morgan fingerprint density at radius 1 is 1.12 bits per heavy atom. The summed E-state index contributed by atoms with van der Waals surface area (Å²) in [5, 5.41) is 7.18. The molecule has 1 aliphatic carbocycles. The minimum absolute atomic E-state index is 0.277. The van der Waals surface area contributed by atoms with Gasteiger partial charge >= 0.3 is 0 Å². The van der Waals surface area contributed by atoms with Crippen LogP contribution in [0.4, 0.5) is 15.9 Å². The zero-order chi connectivity index (χ0) is 23.4. The molecule has 0 radical (unpaired) electrons. The lowest BCUT2D eigenvalue weighted by Crippen LogP contribution is -2.33. The Balaban J connectivity index is 1.59. The van der Waals surface area contributed by atoms with Crippen LogP contribution in [0.2, 0.25) is 5.02 Å². The molecule has 2 aromatic carbocycles. The molecular weight excluding hydrogens is 441 g/mol. The van der Waals surface area contributed by atoms with E-state index in [0.29, 0.717) is 28.9 Å². The molecule has 0 atom stereocenters. The number of benzene rings is 2. The number of carbonyl (C=O) groups excluding carboxylic acids is 1. The van der Waals surface area contributed by atoms with Gasteiger partial charge in [0.1, 0.15) is 11.6 Å². The van der Waals surface area contributed by atoms with Crippen LogP contribution in [0.3, 0.4) is 0 Å². The molecule has 6 nitrogen and oxygen atoms in total. The van der Waals surface area contributed by atoms with Crippen molar-refractivity contribution in [1.82, 2.24) is 4.98 Å². The number of primary amides is 1. The number of pyridine rings is 1. The van der Waals surface area contributed by atoms with Crippen molar-refractivity contribution in [3.8, 4) is 11.1 Å². The molecule has 1 aromatic heterocycles. The SMILES string of the molecule is NC(=O)c1ccc(-c2cc(N[C@H]3CC[C@H](N)CC3)ncc2Cl)cc1NCc1cccc(F)c1. The van der Waals surface area contributed by atoms with Gasteiger partial charge in [-0.3, -0.25) is 4.79 Å². The second-order valence-electron chi connectivity index (χ2n) is 8.41. The normalized spacial score (nSPS) is 18.0. The summed E-state index contributed by atoms with van der Waals surface area (Å²) in [5.74, 6) is -0.133. The number of rotatable bonds is 7. The van der Waals surface area contributed by atoms with Crippen LogP contribution < -0.4 is 22.1 Å². The summed E-state index contributed by atoms with van der Waals surface area (Å²) in [6.07, 6.45) is 5.61. The van der Waals surface area contributed by atoms with Crippen LogP contribution in [0.1, 0.15) is 41.6 Å². The molecule has 1 heterocycles. The monoisotopic (exact) mass is 467 g/mol. The molecule has 1 amide bonds. The second kappa shape index (κ2) is 10.2. The summed E-state index contributed by atoms with van der Waals surface area (Å²) in [7, 11) is 0. The van der Waals surface area contributed by atoms with Crippen LogP contribution in [0.15, 0.2) is 54.7 Å². The minimum atomic E-state index is -0.554. The number of aromatic nitrogens is 1. The first kappa shape index (κ1) is 23.0. The van der Waals surface area contributed by atoms with Crippen LogP contribution in [0.25, 0.3) is 11.1 Å². The molecule has 33 heavy (non-hydrogen) atoms. The third kappa shape index (κ3) is 5.80. The standard InChI is InChI=1S/C25H27ClFN5O/c26-22-14-31-24(32-19-7-5-18(28)6-8-19)12-21(22)16-4-9-20(25(29)33)23(11-16)30-13-15-2-1-3-17(27)10-15/h1-4,9-12,14,18-19,30H,5-8,13,28H2,(H2,29,33)(H,31,32)/t18-,19-. The predicted molar refractivity (Wildman–Crippen MR) is 131 cm³/mol. The summed E-state index contributed by atoms with van der Waals surface area (Å²) >= 11 is 6.48. The van der Waals surface area contributed by atoms with Gasteiger partial charge in [-0.1, -0.05) is 29.8 Å². The molecule has 1 saturated carbocycles. The highest BCUT2D eigenvalue weighted by atomic mass is 35.5. The number of amides is 1.